The summed E-state index contributed by atoms with van der Waals surface area (Å²) < 4.78 is 0. The average molecular weight is 349 g/mol. The molecule has 134 valence electrons. The third-order valence-corrected chi connectivity index (χ3v) is 4.47. The first-order valence-corrected chi connectivity index (χ1v) is 8.78. The summed E-state index contributed by atoms with van der Waals surface area (Å²) in [6.45, 7) is 5.75. The molecule has 26 heavy (non-hydrogen) atoms. The van der Waals surface area contributed by atoms with Crippen molar-refractivity contribution in [2.24, 2.45) is 0 Å². The van der Waals surface area contributed by atoms with Crippen molar-refractivity contribution < 1.29 is 9.59 Å². The zero-order valence-electron chi connectivity index (χ0n) is 15.3. The van der Waals surface area contributed by atoms with Gasteiger partial charge in [-0.3, -0.25) is 9.59 Å². The summed E-state index contributed by atoms with van der Waals surface area (Å²) in [5.74, 6) is 0.551. The summed E-state index contributed by atoms with van der Waals surface area (Å²) >= 11 is 0. The molecule has 0 saturated heterocycles. The highest BCUT2D eigenvalue weighted by molar-refractivity contribution is 5.99. The monoisotopic (exact) mass is 349 g/mol. The molecule has 0 bridgehead atoms. The zero-order chi connectivity index (χ0) is 18.7. The number of fused-ring (bicyclic) bond motifs is 1. The molecule has 2 aromatic carbocycles. The Bertz CT molecular complexity index is 926. The summed E-state index contributed by atoms with van der Waals surface area (Å²) in [6, 6.07) is 13.3. The Morgan fingerprint density at radius 2 is 1.88 bits per heavy atom. The maximum absolute atomic E-state index is 12.4. The van der Waals surface area contributed by atoms with Crippen LogP contribution in [0.4, 0.5) is 0 Å². The Morgan fingerprint density at radius 1 is 1.12 bits per heavy atom. The molecule has 1 heterocycles. The number of aromatic nitrogens is 2. The second-order valence-electron chi connectivity index (χ2n) is 6.67. The van der Waals surface area contributed by atoms with E-state index in [-0.39, 0.29) is 30.6 Å². The summed E-state index contributed by atoms with van der Waals surface area (Å²) in [5, 5.41) is 2.91. The van der Waals surface area contributed by atoms with Crippen LogP contribution >= 0.6 is 0 Å². The Balaban J connectivity index is 1.58. The van der Waals surface area contributed by atoms with Crippen LogP contribution in [0, 0.1) is 13.8 Å². The topological polar surface area (TPSA) is 74.8 Å². The largest absolute Gasteiger partial charge is 0.346 e. The van der Waals surface area contributed by atoms with Crippen molar-refractivity contribution in [3.05, 3.63) is 65.0 Å². The van der Waals surface area contributed by atoms with Crippen molar-refractivity contribution in [3.8, 4) is 0 Å². The number of amides is 1. The van der Waals surface area contributed by atoms with Crippen LogP contribution in [-0.4, -0.2) is 21.7 Å². The zero-order valence-corrected chi connectivity index (χ0v) is 15.3. The van der Waals surface area contributed by atoms with Crippen LogP contribution in [0.15, 0.2) is 42.5 Å². The molecule has 1 atom stereocenters. The van der Waals surface area contributed by atoms with Gasteiger partial charge in [-0.25, -0.2) is 4.98 Å². The van der Waals surface area contributed by atoms with Crippen LogP contribution in [0.5, 0.6) is 0 Å². The van der Waals surface area contributed by atoms with Gasteiger partial charge in [0.1, 0.15) is 5.82 Å². The van der Waals surface area contributed by atoms with Crippen molar-refractivity contribution in [1.29, 1.82) is 0 Å². The molecule has 3 aromatic rings. The molecule has 5 heteroatoms. The molecule has 0 spiro atoms. The minimum Gasteiger partial charge on any atom is -0.346 e. The minimum atomic E-state index is -0.245. The molecule has 0 unspecified atom stereocenters. The molecule has 0 fully saturated rings. The van der Waals surface area contributed by atoms with Gasteiger partial charge in [-0.15, -0.1) is 0 Å². The highest BCUT2D eigenvalue weighted by atomic mass is 16.2. The second kappa shape index (κ2) is 7.52. The summed E-state index contributed by atoms with van der Waals surface area (Å²) in [7, 11) is 0. The second-order valence-corrected chi connectivity index (χ2v) is 6.67. The summed E-state index contributed by atoms with van der Waals surface area (Å²) in [5.41, 5.74) is 4.49. The van der Waals surface area contributed by atoms with E-state index in [1.54, 1.807) is 0 Å². The maximum atomic E-state index is 12.4. The van der Waals surface area contributed by atoms with Crippen molar-refractivity contribution in [3.63, 3.8) is 0 Å². The molecule has 0 aliphatic heterocycles. The van der Waals surface area contributed by atoms with Gasteiger partial charge in [0.25, 0.3) is 0 Å². The molecule has 0 aliphatic carbocycles. The van der Waals surface area contributed by atoms with Gasteiger partial charge in [0, 0.05) is 18.4 Å². The number of benzene rings is 2. The van der Waals surface area contributed by atoms with E-state index in [2.05, 4.69) is 15.3 Å². The predicted molar refractivity (Wildman–Crippen MR) is 102 cm³/mol. The molecule has 1 amide bonds. The molecule has 1 aromatic heterocycles. The number of nitrogens with zero attached hydrogens (tertiary/aromatic N) is 1. The van der Waals surface area contributed by atoms with E-state index < -0.39 is 0 Å². The quantitative estimate of drug-likeness (QED) is 0.660. The number of ketones is 1. The fourth-order valence-corrected chi connectivity index (χ4v) is 2.96. The number of hydrogen-bond donors (Lipinski definition) is 2. The first-order chi connectivity index (χ1) is 12.4. The van der Waals surface area contributed by atoms with E-state index >= 15 is 0 Å². The van der Waals surface area contributed by atoms with Gasteiger partial charge >= 0.3 is 0 Å². The van der Waals surface area contributed by atoms with Crippen molar-refractivity contribution >= 4 is 22.7 Å². The third-order valence-electron chi connectivity index (χ3n) is 4.47. The van der Waals surface area contributed by atoms with Gasteiger partial charge in [-0.05, 0) is 44.5 Å². The predicted octanol–water partition coefficient (Wildman–Crippen LogP) is 4.02. The lowest BCUT2D eigenvalue weighted by Gasteiger charge is -2.11. The van der Waals surface area contributed by atoms with Gasteiger partial charge in [-0.1, -0.05) is 29.8 Å². The van der Waals surface area contributed by atoms with Gasteiger partial charge in [0.2, 0.25) is 5.91 Å². The van der Waals surface area contributed by atoms with E-state index in [4.69, 9.17) is 0 Å². The number of carbonyl (C=O) groups is 2. The SMILES string of the molecule is Cc1ccc(C)c(C(=O)CCC(=O)N[C@@H](C)c2nc3ccccc3[nH]2)c1. The van der Waals surface area contributed by atoms with Crippen LogP contribution in [0.3, 0.4) is 0 Å². The smallest absolute Gasteiger partial charge is 0.221 e. The Labute approximate surface area is 152 Å². The minimum absolute atomic E-state index is 0.00209. The molecular weight excluding hydrogens is 326 g/mol. The van der Waals surface area contributed by atoms with Crippen LogP contribution in [0.2, 0.25) is 0 Å². The van der Waals surface area contributed by atoms with E-state index in [9.17, 15) is 9.59 Å². The number of nitrogens with one attached hydrogen (secondary N) is 2. The molecule has 5 nitrogen and oxygen atoms in total. The molecule has 0 aliphatic rings. The standard InChI is InChI=1S/C21H23N3O2/c1-13-8-9-14(2)16(12-13)19(25)10-11-20(26)22-15(3)21-23-17-6-4-5-7-18(17)24-21/h4-9,12,15H,10-11H2,1-3H3,(H,22,26)(H,23,24)/t15-/m0/s1. The Morgan fingerprint density at radius 3 is 2.65 bits per heavy atom. The van der Waals surface area contributed by atoms with Crippen LogP contribution in [0.1, 0.15) is 53.1 Å². The average Bonchev–Trinajstić information content (AvgIpc) is 3.06. The van der Waals surface area contributed by atoms with E-state index in [0.29, 0.717) is 11.4 Å². The fourth-order valence-electron chi connectivity index (χ4n) is 2.96. The van der Waals surface area contributed by atoms with Gasteiger partial charge in [-0.2, -0.15) is 0 Å². The lowest BCUT2D eigenvalue weighted by Crippen LogP contribution is -2.27. The van der Waals surface area contributed by atoms with E-state index in [1.807, 2.05) is 63.2 Å². The number of rotatable bonds is 6. The number of imidazole rings is 1. The highest BCUT2D eigenvalue weighted by Gasteiger charge is 2.16. The van der Waals surface area contributed by atoms with Gasteiger partial charge in [0.05, 0.1) is 17.1 Å². The normalized spacial score (nSPS) is 12.1. The Kier molecular flexibility index (Phi) is 5.16. The van der Waals surface area contributed by atoms with Crippen LogP contribution in [-0.2, 0) is 4.79 Å². The van der Waals surface area contributed by atoms with Crippen molar-refractivity contribution in [2.45, 2.75) is 39.7 Å². The van der Waals surface area contributed by atoms with Gasteiger partial charge < -0.3 is 10.3 Å². The number of hydrogen-bond acceptors (Lipinski definition) is 3. The number of H-pyrrole nitrogens is 1. The number of aromatic amines is 1. The number of para-hydroxylation sites is 2. The first kappa shape index (κ1) is 17.9. The number of aryl methyl sites for hydroxylation is 2. The molecule has 0 saturated carbocycles. The number of Topliss-reactive ketones (excluding diaryl/α,β-unsaturated/α-hetero) is 1. The van der Waals surface area contributed by atoms with Gasteiger partial charge in [0.15, 0.2) is 5.78 Å². The maximum Gasteiger partial charge on any atom is 0.221 e. The molecular formula is C21H23N3O2. The lowest BCUT2D eigenvalue weighted by molar-refractivity contribution is -0.121. The van der Waals surface area contributed by atoms with E-state index in [1.165, 1.54) is 0 Å². The van der Waals surface area contributed by atoms with Crippen LogP contribution in [0.25, 0.3) is 11.0 Å². The summed E-state index contributed by atoms with van der Waals surface area (Å²) in [4.78, 5) is 32.3. The number of carbonyl (C=O) groups excluding carboxylic acids is 2. The third kappa shape index (κ3) is 3.99. The lowest BCUT2D eigenvalue weighted by atomic mass is 9.99. The highest BCUT2D eigenvalue weighted by Crippen LogP contribution is 2.17. The first-order valence-electron chi connectivity index (χ1n) is 8.78. The molecule has 3 rings (SSSR count). The van der Waals surface area contributed by atoms with Crippen LogP contribution < -0.4 is 5.32 Å². The summed E-state index contributed by atoms with van der Waals surface area (Å²) in [6.07, 6.45) is 0.361. The molecule has 2 N–H and O–H groups in total. The fraction of sp³-hybridized carbons (Fsp3) is 0.286. The van der Waals surface area contributed by atoms with E-state index in [0.717, 1.165) is 22.2 Å². The van der Waals surface area contributed by atoms with Crippen molar-refractivity contribution in [1.82, 2.24) is 15.3 Å². The molecule has 0 radical (unpaired) electrons. The Hall–Kier alpha value is -2.95. The van der Waals surface area contributed by atoms with Crippen molar-refractivity contribution in [2.75, 3.05) is 0 Å².